The van der Waals surface area contributed by atoms with Crippen molar-refractivity contribution in [3.05, 3.63) is 51.7 Å². The Morgan fingerprint density at radius 1 is 1.22 bits per heavy atom. The topological polar surface area (TPSA) is 77.7 Å². The number of fused-ring (bicyclic) bond motifs is 1. The monoisotopic (exact) mass is 468 g/mol. The van der Waals surface area contributed by atoms with E-state index < -0.39 is 21.5 Å². The molecule has 3 rings (SSSR count). The number of carbonyl (C=O) groups is 1. The Labute approximate surface area is 169 Å². The number of para-hydroxylation sites is 1. The van der Waals surface area contributed by atoms with Gasteiger partial charge in [0, 0.05) is 11.0 Å². The van der Waals surface area contributed by atoms with Gasteiger partial charge in [0.25, 0.3) is 5.91 Å². The van der Waals surface area contributed by atoms with Crippen LogP contribution < -0.4 is 9.54 Å². The van der Waals surface area contributed by atoms with E-state index >= 15 is 0 Å². The van der Waals surface area contributed by atoms with Crippen LogP contribution in [0.3, 0.4) is 0 Å². The number of ether oxygens (including phenoxy) is 1. The SMILES string of the molecule is CCn1c(=NC(=O)CS(=O)(=O)c2ccc(OC)cc2)sc2cccc(Br)c21. The van der Waals surface area contributed by atoms with Gasteiger partial charge in [0.15, 0.2) is 14.6 Å². The molecule has 0 aliphatic heterocycles. The van der Waals surface area contributed by atoms with Crippen molar-refractivity contribution < 1.29 is 17.9 Å². The molecule has 0 N–H and O–H groups in total. The predicted octanol–water partition coefficient (Wildman–Crippen LogP) is 3.40. The van der Waals surface area contributed by atoms with E-state index in [1.807, 2.05) is 29.7 Å². The fourth-order valence-electron chi connectivity index (χ4n) is 2.63. The summed E-state index contributed by atoms with van der Waals surface area (Å²) < 4.78 is 33.7. The van der Waals surface area contributed by atoms with Crippen LogP contribution in [0.2, 0.25) is 0 Å². The highest BCUT2D eigenvalue weighted by molar-refractivity contribution is 9.10. The number of thiazole rings is 1. The molecule has 6 nitrogen and oxygen atoms in total. The Kier molecular flexibility index (Phi) is 5.83. The second-order valence-electron chi connectivity index (χ2n) is 5.66. The number of sulfone groups is 1. The lowest BCUT2D eigenvalue weighted by Gasteiger charge is -2.04. The van der Waals surface area contributed by atoms with Gasteiger partial charge in [-0.05, 0) is 59.3 Å². The minimum absolute atomic E-state index is 0.0642. The molecule has 27 heavy (non-hydrogen) atoms. The van der Waals surface area contributed by atoms with Gasteiger partial charge < -0.3 is 9.30 Å². The first-order valence-corrected chi connectivity index (χ1v) is 11.3. The minimum atomic E-state index is -3.78. The number of nitrogens with zero attached hydrogens (tertiary/aromatic N) is 2. The number of amides is 1. The third kappa shape index (κ3) is 4.15. The number of aromatic nitrogens is 1. The number of aryl methyl sites for hydroxylation is 1. The summed E-state index contributed by atoms with van der Waals surface area (Å²) in [4.78, 5) is 17.0. The first-order valence-electron chi connectivity index (χ1n) is 8.08. The Hall–Kier alpha value is -1.97. The molecule has 1 amide bonds. The first-order chi connectivity index (χ1) is 12.9. The quantitative estimate of drug-likeness (QED) is 0.574. The molecule has 1 aromatic heterocycles. The van der Waals surface area contributed by atoms with Gasteiger partial charge in [-0.25, -0.2) is 8.42 Å². The van der Waals surface area contributed by atoms with Crippen LogP contribution in [0.15, 0.2) is 56.8 Å². The van der Waals surface area contributed by atoms with Crippen molar-refractivity contribution in [2.24, 2.45) is 4.99 Å². The molecule has 9 heteroatoms. The van der Waals surface area contributed by atoms with E-state index in [9.17, 15) is 13.2 Å². The Balaban J connectivity index is 1.94. The Morgan fingerprint density at radius 2 is 1.93 bits per heavy atom. The van der Waals surface area contributed by atoms with Gasteiger partial charge in [-0.2, -0.15) is 4.99 Å². The second-order valence-corrected chi connectivity index (χ2v) is 9.51. The van der Waals surface area contributed by atoms with Crippen molar-refractivity contribution in [2.75, 3.05) is 12.9 Å². The van der Waals surface area contributed by atoms with Crippen LogP contribution in [0, 0.1) is 0 Å². The molecule has 3 aromatic rings. The predicted molar refractivity (Wildman–Crippen MR) is 109 cm³/mol. The molecule has 1 heterocycles. The second kappa shape index (κ2) is 7.95. The third-order valence-electron chi connectivity index (χ3n) is 3.92. The van der Waals surface area contributed by atoms with Crippen molar-refractivity contribution in [3.63, 3.8) is 0 Å². The smallest absolute Gasteiger partial charge is 0.263 e. The van der Waals surface area contributed by atoms with Gasteiger partial charge in [-0.15, -0.1) is 0 Å². The largest absolute Gasteiger partial charge is 0.497 e. The molecule has 0 saturated carbocycles. The fraction of sp³-hybridized carbons (Fsp3) is 0.222. The zero-order valence-corrected chi connectivity index (χ0v) is 17.9. The Morgan fingerprint density at radius 3 is 2.56 bits per heavy atom. The first kappa shape index (κ1) is 19.8. The summed E-state index contributed by atoms with van der Waals surface area (Å²) in [5.74, 6) is -0.834. The van der Waals surface area contributed by atoms with Gasteiger partial charge in [-0.1, -0.05) is 17.4 Å². The maximum atomic E-state index is 12.5. The van der Waals surface area contributed by atoms with Crippen molar-refractivity contribution in [2.45, 2.75) is 18.4 Å². The summed E-state index contributed by atoms with van der Waals surface area (Å²) in [6.45, 7) is 2.56. The van der Waals surface area contributed by atoms with Crippen molar-refractivity contribution in [3.8, 4) is 5.75 Å². The van der Waals surface area contributed by atoms with Gasteiger partial charge in [0.05, 0.1) is 22.2 Å². The molecule has 0 spiro atoms. The van der Waals surface area contributed by atoms with E-state index in [2.05, 4.69) is 20.9 Å². The highest BCUT2D eigenvalue weighted by atomic mass is 79.9. The lowest BCUT2D eigenvalue weighted by atomic mass is 10.3. The summed E-state index contributed by atoms with van der Waals surface area (Å²) in [5.41, 5.74) is 0.939. The summed E-state index contributed by atoms with van der Waals surface area (Å²) in [7, 11) is -2.28. The van der Waals surface area contributed by atoms with E-state index in [0.29, 0.717) is 17.1 Å². The van der Waals surface area contributed by atoms with Crippen LogP contribution in [0.1, 0.15) is 6.92 Å². The molecule has 142 valence electrons. The number of methoxy groups -OCH3 is 1. The van der Waals surface area contributed by atoms with Crippen molar-refractivity contribution >= 4 is 53.2 Å². The number of benzene rings is 2. The highest BCUT2D eigenvalue weighted by Crippen LogP contribution is 2.25. The van der Waals surface area contributed by atoms with Crippen LogP contribution >= 0.6 is 27.3 Å². The summed E-state index contributed by atoms with van der Waals surface area (Å²) in [6.07, 6.45) is 0. The van der Waals surface area contributed by atoms with Crippen molar-refractivity contribution in [1.82, 2.24) is 4.57 Å². The summed E-state index contributed by atoms with van der Waals surface area (Å²) in [6, 6.07) is 11.7. The van der Waals surface area contributed by atoms with E-state index in [4.69, 9.17) is 4.74 Å². The highest BCUT2D eigenvalue weighted by Gasteiger charge is 2.20. The molecular weight excluding hydrogens is 452 g/mol. The molecule has 0 fully saturated rings. The molecule has 0 saturated heterocycles. The zero-order valence-electron chi connectivity index (χ0n) is 14.7. The van der Waals surface area contributed by atoms with Crippen LogP contribution in [0.4, 0.5) is 0 Å². The van der Waals surface area contributed by atoms with Crippen LogP contribution in [-0.2, 0) is 21.2 Å². The Bertz CT molecular complexity index is 1160. The average Bonchev–Trinajstić information content (AvgIpc) is 2.99. The lowest BCUT2D eigenvalue weighted by Crippen LogP contribution is -2.20. The van der Waals surface area contributed by atoms with Gasteiger partial charge >= 0.3 is 0 Å². The standard InChI is InChI=1S/C18H17BrN2O4S2/c1-3-21-17-14(19)5-4-6-15(17)26-18(21)20-16(22)11-27(23,24)13-9-7-12(25-2)8-10-13/h4-10H,3,11H2,1-2H3. The van der Waals surface area contributed by atoms with Gasteiger partial charge in [0.2, 0.25) is 0 Å². The molecule has 0 atom stereocenters. The molecule has 0 bridgehead atoms. The maximum Gasteiger partial charge on any atom is 0.263 e. The molecule has 0 aliphatic carbocycles. The molecule has 0 unspecified atom stereocenters. The van der Waals surface area contributed by atoms with Crippen LogP contribution in [0.25, 0.3) is 10.2 Å². The number of rotatable bonds is 5. The van der Waals surface area contributed by atoms with Crippen LogP contribution in [-0.4, -0.2) is 31.8 Å². The number of halogens is 1. The minimum Gasteiger partial charge on any atom is -0.497 e. The number of hydrogen-bond acceptors (Lipinski definition) is 5. The molecule has 0 radical (unpaired) electrons. The summed E-state index contributed by atoms with van der Waals surface area (Å²) in [5, 5.41) is 0. The normalized spacial score (nSPS) is 12.5. The zero-order chi connectivity index (χ0) is 19.6. The fourth-order valence-corrected chi connectivity index (χ4v) is 5.59. The van der Waals surface area contributed by atoms with Gasteiger partial charge in [-0.3, -0.25) is 4.79 Å². The van der Waals surface area contributed by atoms with E-state index in [0.717, 1.165) is 14.7 Å². The van der Waals surface area contributed by atoms with E-state index in [-0.39, 0.29) is 4.90 Å². The molecule has 2 aromatic carbocycles. The number of hydrogen-bond donors (Lipinski definition) is 0. The maximum absolute atomic E-state index is 12.5. The van der Waals surface area contributed by atoms with Gasteiger partial charge in [0.1, 0.15) is 11.5 Å². The van der Waals surface area contributed by atoms with E-state index in [1.165, 1.54) is 30.6 Å². The average molecular weight is 469 g/mol. The van der Waals surface area contributed by atoms with E-state index in [1.54, 1.807) is 12.1 Å². The molecule has 0 aliphatic rings. The van der Waals surface area contributed by atoms with Crippen molar-refractivity contribution in [1.29, 1.82) is 0 Å². The van der Waals surface area contributed by atoms with Crippen LogP contribution in [0.5, 0.6) is 5.75 Å². The number of carbonyl (C=O) groups excluding carboxylic acids is 1. The lowest BCUT2D eigenvalue weighted by molar-refractivity contribution is -0.115. The third-order valence-corrected chi connectivity index (χ3v) is 7.22. The molecular formula is C18H17BrN2O4S2. The summed E-state index contributed by atoms with van der Waals surface area (Å²) >= 11 is 4.86.